The van der Waals surface area contributed by atoms with E-state index in [4.69, 9.17) is 0 Å². The maximum Gasteiger partial charge on any atom is 0.0894 e. The molecule has 1 nitrogen and oxygen atoms in total. The number of hydrogen-bond donors (Lipinski definition) is 0. The van der Waals surface area contributed by atoms with E-state index in [9.17, 15) is 0 Å². The predicted octanol–water partition coefficient (Wildman–Crippen LogP) is 7.51. The highest BCUT2D eigenvalue weighted by Crippen LogP contribution is 2.69. The Balaban J connectivity index is 1.65. The molecule has 0 saturated carbocycles. The van der Waals surface area contributed by atoms with Gasteiger partial charge in [0.05, 0.1) is 16.2 Å². The van der Waals surface area contributed by atoms with Crippen LogP contribution in [0.3, 0.4) is 0 Å². The molecule has 0 bridgehead atoms. The number of nitrogens with zero attached hydrogens (tertiary/aromatic N) is 1. The lowest BCUT2D eigenvalue weighted by molar-refractivity contribution is 0.224. The summed E-state index contributed by atoms with van der Waals surface area (Å²) < 4.78 is -0.172. The molecule has 1 spiro atoms. The summed E-state index contributed by atoms with van der Waals surface area (Å²) in [6.07, 6.45) is 0. The fourth-order valence-corrected chi connectivity index (χ4v) is 8.49. The average Bonchev–Trinajstić information content (AvgIpc) is 3.14. The smallest absolute Gasteiger partial charge is 0.0894 e. The molecule has 0 radical (unpaired) electrons. The highest BCUT2D eigenvalue weighted by Gasteiger charge is 2.57. The quantitative estimate of drug-likeness (QED) is 0.319. The van der Waals surface area contributed by atoms with Crippen LogP contribution >= 0.6 is 23.5 Å². The molecule has 0 aliphatic carbocycles. The third-order valence-electron chi connectivity index (χ3n) is 6.45. The highest BCUT2D eigenvalue weighted by molar-refractivity contribution is 8.02. The summed E-state index contributed by atoms with van der Waals surface area (Å²) >= 11 is 4.00. The molecule has 1 fully saturated rings. The van der Waals surface area contributed by atoms with Gasteiger partial charge < -0.3 is 0 Å². The number of likely N-dealkylation sites (N-methyl/N-ethyl adjacent to an activating group) is 1. The lowest BCUT2D eigenvalue weighted by atomic mass is 9.79. The number of hydrogen-bond acceptors (Lipinski definition) is 3. The van der Waals surface area contributed by atoms with Gasteiger partial charge >= 0.3 is 0 Å². The molecular formula is C28H23NS2. The second kappa shape index (κ2) is 7.59. The van der Waals surface area contributed by atoms with Crippen LogP contribution in [0.15, 0.2) is 119 Å². The lowest BCUT2D eigenvalue weighted by Crippen LogP contribution is -2.36. The van der Waals surface area contributed by atoms with Gasteiger partial charge in [-0.15, -0.1) is 11.8 Å². The summed E-state index contributed by atoms with van der Waals surface area (Å²) in [7, 11) is 2.30. The van der Waals surface area contributed by atoms with Crippen molar-refractivity contribution in [2.24, 2.45) is 0 Å². The maximum atomic E-state index is 2.58. The first-order chi connectivity index (χ1) is 15.3. The van der Waals surface area contributed by atoms with Crippen molar-refractivity contribution in [2.75, 3.05) is 7.05 Å². The van der Waals surface area contributed by atoms with Crippen LogP contribution < -0.4 is 0 Å². The van der Waals surface area contributed by atoms with Gasteiger partial charge in [0.1, 0.15) is 0 Å². The molecule has 2 aliphatic rings. The molecule has 2 aliphatic heterocycles. The molecule has 4 aromatic carbocycles. The number of fused-ring (bicyclic) bond motifs is 4. The number of rotatable bonds is 2. The lowest BCUT2D eigenvalue weighted by Gasteiger charge is -2.42. The van der Waals surface area contributed by atoms with Crippen LogP contribution in [0.2, 0.25) is 0 Å². The zero-order chi connectivity index (χ0) is 20.8. The molecule has 6 rings (SSSR count). The van der Waals surface area contributed by atoms with Crippen LogP contribution in [-0.2, 0) is 4.75 Å². The third kappa shape index (κ3) is 2.91. The Kier molecular flexibility index (Phi) is 4.71. The summed E-state index contributed by atoms with van der Waals surface area (Å²) in [6.45, 7) is 0. The van der Waals surface area contributed by atoms with Gasteiger partial charge in [0.15, 0.2) is 0 Å². The van der Waals surface area contributed by atoms with Crippen LogP contribution in [0.4, 0.5) is 0 Å². The molecule has 0 unspecified atom stereocenters. The Labute approximate surface area is 192 Å². The second-order valence-corrected chi connectivity index (χ2v) is 10.6. The van der Waals surface area contributed by atoms with Crippen LogP contribution in [0.5, 0.6) is 0 Å². The van der Waals surface area contributed by atoms with Gasteiger partial charge in [-0.1, -0.05) is 109 Å². The van der Waals surface area contributed by atoms with E-state index in [1.54, 1.807) is 0 Å². The molecule has 3 heteroatoms. The Morgan fingerprint density at radius 1 is 0.613 bits per heavy atom. The van der Waals surface area contributed by atoms with Gasteiger partial charge in [-0.2, -0.15) is 0 Å². The molecule has 0 amide bonds. The van der Waals surface area contributed by atoms with E-state index in [0.29, 0.717) is 0 Å². The fraction of sp³-hybridized carbons (Fsp3) is 0.143. The van der Waals surface area contributed by atoms with Gasteiger partial charge in [-0.3, -0.25) is 4.90 Å². The molecule has 4 aromatic rings. The SMILES string of the molecule is CN1[C@@H](c2ccccc2)SC2(c3ccccc3Sc3ccccc32)[C@H]1c1ccccc1. The zero-order valence-electron chi connectivity index (χ0n) is 17.3. The van der Waals surface area contributed by atoms with Crippen molar-refractivity contribution in [1.29, 1.82) is 0 Å². The summed E-state index contributed by atoms with van der Waals surface area (Å²) in [4.78, 5) is 5.33. The standard InChI is InChI=1S/C28H23NS2/c1-29-26(20-12-4-2-5-13-20)28(31-27(29)21-14-6-3-7-15-21)22-16-8-10-18-24(22)30-25-19-11-9-17-23(25)28/h2-19,26-27H,1H3/t26-,27-/m1/s1. The van der Waals surface area contributed by atoms with Crippen LogP contribution in [0.1, 0.15) is 33.7 Å². The molecule has 1 saturated heterocycles. The molecule has 31 heavy (non-hydrogen) atoms. The molecule has 152 valence electrons. The molecular weight excluding hydrogens is 414 g/mol. The predicted molar refractivity (Wildman–Crippen MR) is 132 cm³/mol. The normalized spacial score (nSPS) is 21.6. The topological polar surface area (TPSA) is 3.24 Å². The van der Waals surface area contributed by atoms with E-state index in [1.165, 1.54) is 32.0 Å². The van der Waals surface area contributed by atoms with E-state index >= 15 is 0 Å². The van der Waals surface area contributed by atoms with Crippen LogP contribution in [0, 0.1) is 0 Å². The van der Waals surface area contributed by atoms with Crippen LogP contribution in [0.25, 0.3) is 0 Å². The Morgan fingerprint density at radius 2 is 1.10 bits per heavy atom. The minimum absolute atomic E-state index is 0.172. The maximum absolute atomic E-state index is 2.58. The van der Waals surface area contributed by atoms with Crippen LogP contribution in [-0.4, -0.2) is 11.9 Å². The Hall–Kier alpha value is -2.46. The number of thioether (sulfide) groups is 1. The minimum atomic E-state index is -0.172. The highest BCUT2D eigenvalue weighted by atomic mass is 32.2. The van der Waals surface area contributed by atoms with E-state index < -0.39 is 0 Å². The summed E-state index contributed by atoms with van der Waals surface area (Å²) in [5.41, 5.74) is 5.60. The summed E-state index contributed by atoms with van der Waals surface area (Å²) in [5.74, 6) is 0. The van der Waals surface area contributed by atoms with E-state index in [2.05, 4.69) is 133 Å². The zero-order valence-corrected chi connectivity index (χ0v) is 18.9. The van der Waals surface area contributed by atoms with E-state index in [1.807, 2.05) is 11.8 Å². The van der Waals surface area contributed by atoms with Gasteiger partial charge in [-0.25, -0.2) is 0 Å². The molecule has 2 atom stereocenters. The second-order valence-electron chi connectivity index (χ2n) is 8.19. The van der Waals surface area contributed by atoms with E-state index in [-0.39, 0.29) is 16.2 Å². The summed E-state index contributed by atoms with van der Waals surface area (Å²) in [6, 6.07) is 40.3. The molecule has 0 N–H and O–H groups in total. The van der Waals surface area contributed by atoms with Gasteiger partial charge in [0.2, 0.25) is 0 Å². The first kappa shape index (κ1) is 19.2. The Morgan fingerprint density at radius 3 is 1.68 bits per heavy atom. The fourth-order valence-electron chi connectivity index (χ4n) is 5.18. The van der Waals surface area contributed by atoms with Crippen molar-refractivity contribution >= 4 is 23.5 Å². The van der Waals surface area contributed by atoms with Crippen molar-refractivity contribution in [1.82, 2.24) is 4.90 Å². The van der Waals surface area contributed by atoms with Crippen molar-refractivity contribution in [3.05, 3.63) is 131 Å². The van der Waals surface area contributed by atoms with Crippen molar-refractivity contribution in [3.63, 3.8) is 0 Å². The van der Waals surface area contributed by atoms with E-state index in [0.717, 1.165) is 0 Å². The molecule has 2 heterocycles. The third-order valence-corrected chi connectivity index (χ3v) is 9.47. The minimum Gasteiger partial charge on any atom is -0.282 e. The van der Waals surface area contributed by atoms with Crippen molar-refractivity contribution in [2.45, 2.75) is 26.0 Å². The summed E-state index contributed by atoms with van der Waals surface area (Å²) in [5, 5.41) is 0.274. The Bertz CT molecular complexity index is 1180. The van der Waals surface area contributed by atoms with Gasteiger partial charge in [0, 0.05) is 9.79 Å². The van der Waals surface area contributed by atoms with Crippen molar-refractivity contribution in [3.8, 4) is 0 Å². The first-order valence-electron chi connectivity index (χ1n) is 10.7. The monoisotopic (exact) mass is 437 g/mol. The van der Waals surface area contributed by atoms with Gasteiger partial charge in [0.25, 0.3) is 0 Å². The first-order valence-corrected chi connectivity index (χ1v) is 12.3. The largest absolute Gasteiger partial charge is 0.282 e. The average molecular weight is 438 g/mol. The number of benzene rings is 4. The van der Waals surface area contributed by atoms with Gasteiger partial charge in [-0.05, 0) is 41.4 Å². The molecule has 0 aromatic heterocycles. The van der Waals surface area contributed by atoms with Crippen molar-refractivity contribution < 1.29 is 0 Å².